The summed E-state index contributed by atoms with van der Waals surface area (Å²) in [6.07, 6.45) is 4.97. The Morgan fingerprint density at radius 2 is 1.50 bits per heavy atom. The molecule has 0 atom stereocenters. The summed E-state index contributed by atoms with van der Waals surface area (Å²) in [4.78, 5) is 21.7. The molecule has 6 rings (SSSR count). The third kappa shape index (κ3) is 10.2. The fourth-order valence-corrected chi connectivity index (χ4v) is 6.24. The summed E-state index contributed by atoms with van der Waals surface area (Å²) >= 11 is 12.8. The lowest BCUT2D eigenvalue weighted by molar-refractivity contribution is -0.127. The molecule has 7 nitrogen and oxygen atoms in total. The van der Waals surface area contributed by atoms with Gasteiger partial charge in [-0.3, -0.25) is 9.69 Å². The van der Waals surface area contributed by atoms with Crippen molar-refractivity contribution in [1.29, 1.82) is 0 Å². The van der Waals surface area contributed by atoms with Gasteiger partial charge in [0.2, 0.25) is 11.8 Å². The molecule has 1 saturated heterocycles. The Hall–Kier alpha value is -4.82. The van der Waals surface area contributed by atoms with E-state index in [1.165, 1.54) is 11.1 Å². The quantitative estimate of drug-likeness (QED) is 0.112. The molecule has 268 valence electrons. The van der Waals surface area contributed by atoms with Crippen molar-refractivity contribution in [3.8, 4) is 23.1 Å². The number of hydrogen-bond donors (Lipinski definition) is 0. The maximum absolute atomic E-state index is 13.1. The van der Waals surface area contributed by atoms with E-state index in [0.29, 0.717) is 59.6 Å². The molecule has 4 aromatic carbocycles. The van der Waals surface area contributed by atoms with E-state index in [9.17, 15) is 4.79 Å². The normalized spacial score (nSPS) is 13.5. The Balaban J connectivity index is 0.941. The van der Waals surface area contributed by atoms with Crippen LogP contribution in [0.4, 0.5) is 0 Å². The highest BCUT2D eigenvalue weighted by molar-refractivity contribution is 6.32. The number of hydrogen-bond acceptors (Lipinski definition) is 6. The molecule has 5 aromatic rings. The Labute approximate surface area is 316 Å². The standard InChI is InChI=1S/C43H43Cl2N3O4/c1-30(2)34-12-15-37(16-13-34)50-28-33-10-8-32(9-11-33)27-47-20-22-48(23-21-47)43(49)19-14-35-24-31(3)41(25-40(35)45)52-42-18-17-38(26-46-42)51-29-36-6-4-5-7-39(36)44/h4-19,24-26,30H,20-23,27-29H2,1-3H3/b19-14+. The molecule has 0 aliphatic carbocycles. The van der Waals surface area contributed by atoms with E-state index >= 15 is 0 Å². The van der Waals surface area contributed by atoms with Crippen molar-refractivity contribution in [2.24, 2.45) is 0 Å². The van der Waals surface area contributed by atoms with Crippen LogP contribution < -0.4 is 14.2 Å². The number of piperazine rings is 1. The first-order valence-corrected chi connectivity index (χ1v) is 18.3. The Morgan fingerprint density at radius 3 is 2.19 bits per heavy atom. The summed E-state index contributed by atoms with van der Waals surface area (Å²) in [5, 5.41) is 1.14. The van der Waals surface area contributed by atoms with E-state index in [-0.39, 0.29) is 5.91 Å². The zero-order valence-corrected chi connectivity index (χ0v) is 31.2. The molecule has 1 aliphatic rings. The molecule has 0 saturated carbocycles. The van der Waals surface area contributed by atoms with Crippen molar-refractivity contribution < 1.29 is 19.0 Å². The molecule has 2 heterocycles. The van der Waals surface area contributed by atoms with Gasteiger partial charge in [0.05, 0.1) is 11.2 Å². The van der Waals surface area contributed by atoms with Crippen molar-refractivity contribution in [3.63, 3.8) is 0 Å². The van der Waals surface area contributed by atoms with Crippen LogP contribution >= 0.6 is 23.2 Å². The highest BCUT2D eigenvalue weighted by Gasteiger charge is 2.20. The number of ether oxygens (including phenoxy) is 3. The first kappa shape index (κ1) is 37.0. The molecule has 0 radical (unpaired) electrons. The first-order chi connectivity index (χ1) is 25.2. The third-order valence-electron chi connectivity index (χ3n) is 9.04. The molecule has 9 heteroatoms. The molecule has 0 spiro atoms. The number of halogens is 2. The summed E-state index contributed by atoms with van der Waals surface area (Å²) in [6.45, 7) is 11.0. The largest absolute Gasteiger partial charge is 0.489 e. The lowest BCUT2D eigenvalue weighted by Crippen LogP contribution is -2.47. The van der Waals surface area contributed by atoms with Crippen LogP contribution in [0.5, 0.6) is 23.1 Å². The lowest BCUT2D eigenvalue weighted by atomic mass is 10.0. The van der Waals surface area contributed by atoms with E-state index in [2.05, 4.69) is 60.1 Å². The molecule has 1 aromatic heterocycles. The number of aryl methyl sites for hydroxylation is 1. The van der Waals surface area contributed by atoms with E-state index in [0.717, 1.165) is 47.6 Å². The minimum atomic E-state index is -0.0297. The van der Waals surface area contributed by atoms with Gasteiger partial charge in [-0.05, 0) is 77.1 Å². The number of pyridine rings is 1. The molecule has 1 amide bonds. The van der Waals surface area contributed by atoms with Crippen LogP contribution in [0, 0.1) is 6.92 Å². The van der Waals surface area contributed by atoms with Crippen molar-refractivity contribution in [3.05, 3.63) is 153 Å². The molecule has 0 unspecified atom stereocenters. The topological polar surface area (TPSA) is 64.1 Å². The number of carbonyl (C=O) groups excluding carboxylic acids is 1. The number of rotatable bonds is 13. The molecule has 1 fully saturated rings. The predicted molar refractivity (Wildman–Crippen MR) is 208 cm³/mol. The summed E-state index contributed by atoms with van der Waals surface area (Å²) in [5.41, 5.74) is 6.19. The lowest BCUT2D eigenvalue weighted by Gasteiger charge is -2.34. The van der Waals surface area contributed by atoms with Gasteiger partial charge in [0, 0.05) is 61.5 Å². The average Bonchev–Trinajstić information content (AvgIpc) is 3.16. The van der Waals surface area contributed by atoms with Crippen LogP contribution in [-0.2, 0) is 24.6 Å². The minimum absolute atomic E-state index is 0.0297. The Morgan fingerprint density at radius 1 is 0.808 bits per heavy atom. The Kier molecular flexibility index (Phi) is 12.5. The zero-order valence-electron chi connectivity index (χ0n) is 29.7. The van der Waals surface area contributed by atoms with Gasteiger partial charge in [-0.1, -0.05) is 91.6 Å². The van der Waals surface area contributed by atoms with Gasteiger partial charge >= 0.3 is 0 Å². The highest BCUT2D eigenvalue weighted by atomic mass is 35.5. The maximum atomic E-state index is 13.1. The van der Waals surface area contributed by atoms with Crippen molar-refractivity contribution in [2.75, 3.05) is 26.2 Å². The SMILES string of the molecule is Cc1cc(/C=C/C(=O)N2CCN(Cc3ccc(COc4ccc(C(C)C)cc4)cc3)CC2)c(Cl)cc1Oc1ccc(OCc2ccccc2Cl)cn1. The monoisotopic (exact) mass is 735 g/mol. The van der Waals surface area contributed by atoms with Crippen LogP contribution in [0.2, 0.25) is 10.0 Å². The van der Waals surface area contributed by atoms with E-state index in [4.69, 9.17) is 37.4 Å². The second-order valence-electron chi connectivity index (χ2n) is 13.2. The highest BCUT2D eigenvalue weighted by Crippen LogP contribution is 2.31. The van der Waals surface area contributed by atoms with Gasteiger partial charge in [-0.2, -0.15) is 0 Å². The number of aromatic nitrogens is 1. The van der Waals surface area contributed by atoms with Crippen LogP contribution in [-0.4, -0.2) is 46.9 Å². The van der Waals surface area contributed by atoms with Crippen molar-refractivity contribution in [2.45, 2.75) is 46.4 Å². The molecule has 0 N–H and O–H groups in total. The van der Waals surface area contributed by atoms with Gasteiger partial charge < -0.3 is 19.1 Å². The van der Waals surface area contributed by atoms with E-state index < -0.39 is 0 Å². The summed E-state index contributed by atoms with van der Waals surface area (Å²) in [7, 11) is 0. The van der Waals surface area contributed by atoms with Crippen LogP contribution in [0.1, 0.15) is 53.1 Å². The van der Waals surface area contributed by atoms with Gasteiger partial charge in [0.1, 0.15) is 30.5 Å². The molecular formula is C43H43Cl2N3O4. The number of nitrogens with zero attached hydrogens (tertiary/aromatic N) is 3. The summed E-state index contributed by atoms with van der Waals surface area (Å²) in [5.74, 6) is 2.95. The van der Waals surface area contributed by atoms with Gasteiger partial charge in [-0.15, -0.1) is 0 Å². The average molecular weight is 737 g/mol. The third-order valence-corrected chi connectivity index (χ3v) is 9.74. The summed E-state index contributed by atoms with van der Waals surface area (Å²) in [6, 6.07) is 31.6. The maximum Gasteiger partial charge on any atom is 0.246 e. The van der Waals surface area contributed by atoms with Gasteiger partial charge in [-0.25, -0.2) is 4.98 Å². The zero-order chi connectivity index (χ0) is 36.5. The number of carbonyl (C=O) groups is 1. The van der Waals surface area contributed by atoms with Crippen LogP contribution in [0.15, 0.2) is 109 Å². The fraction of sp³-hybridized carbons (Fsp3) is 0.256. The summed E-state index contributed by atoms with van der Waals surface area (Å²) < 4.78 is 17.8. The second-order valence-corrected chi connectivity index (χ2v) is 14.0. The molecule has 0 bridgehead atoms. The van der Waals surface area contributed by atoms with Gasteiger partial charge in [0.25, 0.3) is 0 Å². The minimum Gasteiger partial charge on any atom is -0.489 e. The van der Waals surface area contributed by atoms with E-state index in [1.807, 2.05) is 54.3 Å². The predicted octanol–water partition coefficient (Wildman–Crippen LogP) is 10.1. The smallest absolute Gasteiger partial charge is 0.246 e. The van der Waals surface area contributed by atoms with Crippen LogP contribution in [0.25, 0.3) is 6.08 Å². The Bertz CT molecular complexity index is 1970. The fourth-order valence-electron chi connectivity index (χ4n) is 5.83. The molecule has 52 heavy (non-hydrogen) atoms. The number of amides is 1. The first-order valence-electron chi connectivity index (χ1n) is 17.5. The van der Waals surface area contributed by atoms with Gasteiger partial charge in [0.15, 0.2) is 0 Å². The van der Waals surface area contributed by atoms with Crippen molar-refractivity contribution in [1.82, 2.24) is 14.8 Å². The second kappa shape index (κ2) is 17.6. The van der Waals surface area contributed by atoms with Crippen LogP contribution in [0.3, 0.4) is 0 Å². The molecule has 1 aliphatic heterocycles. The number of benzene rings is 4. The van der Waals surface area contributed by atoms with Crippen molar-refractivity contribution >= 4 is 35.2 Å². The van der Waals surface area contributed by atoms with E-state index in [1.54, 1.807) is 36.5 Å². The molecular weight excluding hydrogens is 693 g/mol.